The number of hydrogen-bond acceptors (Lipinski definition) is 2. The molecule has 0 saturated heterocycles. The van der Waals surface area contributed by atoms with Crippen molar-refractivity contribution in [2.24, 2.45) is 11.7 Å². The van der Waals surface area contributed by atoms with Crippen LogP contribution in [0.2, 0.25) is 10.0 Å². The molecule has 1 unspecified atom stereocenters. The molecule has 1 amide bonds. The third kappa shape index (κ3) is 4.12. The first-order chi connectivity index (χ1) is 9.93. The Balaban J connectivity index is 2.12. The average Bonchev–Trinajstić information content (AvgIpc) is 3.30. The van der Waals surface area contributed by atoms with Crippen molar-refractivity contribution in [3.8, 4) is 0 Å². The van der Waals surface area contributed by atoms with Gasteiger partial charge in [-0.2, -0.15) is 0 Å². The minimum absolute atomic E-state index is 0.0397. The number of carbonyl (C=O) groups is 1. The first-order valence-electron chi connectivity index (χ1n) is 7.44. The van der Waals surface area contributed by atoms with E-state index in [0.29, 0.717) is 22.6 Å². The average molecular weight is 329 g/mol. The minimum Gasteiger partial charge on any atom is -0.334 e. The van der Waals surface area contributed by atoms with Crippen LogP contribution in [0.5, 0.6) is 0 Å². The maximum Gasteiger partial charge on any atom is 0.240 e. The van der Waals surface area contributed by atoms with Crippen molar-refractivity contribution >= 4 is 29.1 Å². The number of amides is 1. The number of nitrogens with two attached hydrogens (primary N) is 1. The van der Waals surface area contributed by atoms with E-state index in [1.807, 2.05) is 24.0 Å². The van der Waals surface area contributed by atoms with Gasteiger partial charge in [-0.1, -0.05) is 49.5 Å². The van der Waals surface area contributed by atoms with E-state index in [9.17, 15) is 4.79 Å². The third-order valence-corrected chi connectivity index (χ3v) is 4.89. The summed E-state index contributed by atoms with van der Waals surface area (Å²) in [5, 5.41) is 1.05. The Hall–Kier alpha value is -0.770. The van der Waals surface area contributed by atoms with Crippen LogP contribution in [-0.2, 0) is 11.3 Å². The van der Waals surface area contributed by atoms with Gasteiger partial charge in [0.25, 0.3) is 0 Å². The van der Waals surface area contributed by atoms with Gasteiger partial charge < -0.3 is 10.6 Å². The van der Waals surface area contributed by atoms with E-state index in [-0.39, 0.29) is 11.8 Å². The SMILES string of the molecule is CCC(C)[C@H](N)C(=O)N(Cc1ccc(Cl)c(Cl)c1)C1CC1. The normalized spacial score (nSPS) is 17.4. The summed E-state index contributed by atoms with van der Waals surface area (Å²) < 4.78 is 0. The Bertz CT molecular complexity index is 517. The van der Waals surface area contributed by atoms with Gasteiger partial charge in [-0.3, -0.25) is 4.79 Å². The number of carbonyl (C=O) groups excluding carboxylic acids is 1. The molecule has 2 atom stereocenters. The van der Waals surface area contributed by atoms with E-state index >= 15 is 0 Å². The number of halogens is 2. The number of hydrogen-bond donors (Lipinski definition) is 1. The van der Waals surface area contributed by atoms with Gasteiger partial charge in [0.2, 0.25) is 5.91 Å². The molecule has 0 bridgehead atoms. The molecule has 0 aromatic heterocycles. The van der Waals surface area contributed by atoms with Crippen LogP contribution in [0.25, 0.3) is 0 Å². The lowest BCUT2D eigenvalue weighted by Gasteiger charge is -2.28. The standard InChI is InChI=1S/C16H22Cl2N2O/c1-3-10(2)15(19)16(21)20(12-5-6-12)9-11-4-7-13(17)14(18)8-11/h4,7-8,10,12,15H,3,5-6,9,19H2,1-2H3/t10?,15-/m0/s1. The summed E-state index contributed by atoms with van der Waals surface area (Å²) in [5.74, 6) is 0.227. The molecular weight excluding hydrogens is 307 g/mol. The number of nitrogens with zero attached hydrogens (tertiary/aromatic N) is 1. The zero-order valence-corrected chi connectivity index (χ0v) is 14.0. The number of rotatable bonds is 6. The summed E-state index contributed by atoms with van der Waals surface area (Å²) in [7, 11) is 0. The van der Waals surface area contributed by atoms with Gasteiger partial charge in [-0.05, 0) is 36.5 Å². The predicted octanol–water partition coefficient (Wildman–Crippen LogP) is 3.86. The second kappa shape index (κ2) is 6.99. The maximum absolute atomic E-state index is 12.6. The van der Waals surface area contributed by atoms with Crippen LogP contribution in [0.15, 0.2) is 18.2 Å². The molecule has 1 aliphatic rings. The van der Waals surface area contributed by atoms with Crippen molar-refractivity contribution < 1.29 is 4.79 Å². The second-order valence-electron chi connectivity index (χ2n) is 5.86. The van der Waals surface area contributed by atoms with Crippen LogP contribution in [-0.4, -0.2) is 22.9 Å². The summed E-state index contributed by atoms with van der Waals surface area (Å²) in [6.45, 7) is 4.62. The van der Waals surface area contributed by atoms with Crippen molar-refractivity contribution in [2.45, 2.75) is 51.7 Å². The molecule has 116 valence electrons. The van der Waals surface area contributed by atoms with Crippen LogP contribution >= 0.6 is 23.2 Å². The van der Waals surface area contributed by atoms with Crippen LogP contribution < -0.4 is 5.73 Å². The molecule has 1 fully saturated rings. The van der Waals surface area contributed by atoms with Crippen molar-refractivity contribution in [2.75, 3.05) is 0 Å². The highest BCUT2D eigenvalue weighted by Gasteiger charge is 2.35. The summed E-state index contributed by atoms with van der Waals surface area (Å²) in [4.78, 5) is 14.5. The molecular formula is C16H22Cl2N2O. The van der Waals surface area contributed by atoms with Crippen molar-refractivity contribution in [1.82, 2.24) is 4.90 Å². The topological polar surface area (TPSA) is 46.3 Å². The van der Waals surface area contributed by atoms with Crippen LogP contribution in [0, 0.1) is 5.92 Å². The molecule has 21 heavy (non-hydrogen) atoms. The Labute approximate surface area is 136 Å². The van der Waals surface area contributed by atoms with Gasteiger partial charge in [-0.25, -0.2) is 0 Å². The summed E-state index contributed by atoms with van der Waals surface area (Å²) in [6.07, 6.45) is 3.01. The molecule has 0 radical (unpaired) electrons. The van der Waals surface area contributed by atoms with Gasteiger partial charge in [0.1, 0.15) is 0 Å². The summed E-state index contributed by atoms with van der Waals surface area (Å²) >= 11 is 12.0. The molecule has 2 rings (SSSR count). The second-order valence-corrected chi connectivity index (χ2v) is 6.67. The zero-order chi connectivity index (χ0) is 15.6. The first-order valence-corrected chi connectivity index (χ1v) is 8.19. The van der Waals surface area contributed by atoms with Gasteiger partial charge >= 0.3 is 0 Å². The smallest absolute Gasteiger partial charge is 0.240 e. The fraction of sp³-hybridized carbons (Fsp3) is 0.562. The lowest BCUT2D eigenvalue weighted by atomic mass is 9.98. The van der Waals surface area contributed by atoms with E-state index in [1.54, 1.807) is 6.07 Å². The lowest BCUT2D eigenvalue weighted by molar-refractivity contribution is -0.135. The highest BCUT2D eigenvalue weighted by atomic mass is 35.5. The van der Waals surface area contributed by atoms with Gasteiger partial charge in [0, 0.05) is 12.6 Å². The molecule has 3 nitrogen and oxygen atoms in total. The third-order valence-electron chi connectivity index (χ3n) is 4.15. The van der Waals surface area contributed by atoms with Crippen molar-refractivity contribution in [3.05, 3.63) is 33.8 Å². The minimum atomic E-state index is -0.432. The molecule has 1 aliphatic carbocycles. The Kier molecular flexibility index (Phi) is 5.53. The Morgan fingerprint density at radius 1 is 1.38 bits per heavy atom. The van der Waals surface area contributed by atoms with Crippen molar-refractivity contribution in [3.63, 3.8) is 0 Å². The molecule has 0 heterocycles. The highest BCUT2D eigenvalue weighted by molar-refractivity contribution is 6.42. The fourth-order valence-corrected chi connectivity index (χ4v) is 2.62. The molecule has 1 saturated carbocycles. The van der Waals surface area contributed by atoms with Gasteiger partial charge in [0.05, 0.1) is 16.1 Å². The lowest BCUT2D eigenvalue weighted by Crippen LogP contribution is -2.47. The van der Waals surface area contributed by atoms with Crippen LogP contribution in [0.3, 0.4) is 0 Å². The molecule has 1 aromatic rings. The first kappa shape index (κ1) is 16.6. The molecule has 0 spiro atoms. The quantitative estimate of drug-likeness (QED) is 0.861. The zero-order valence-electron chi connectivity index (χ0n) is 12.5. The molecule has 0 aliphatic heterocycles. The number of benzene rings is 1. The monoisotopic (exact) mass is 328 g/mol. The van der Waals surface area contributed by atoms with E-state index in [2.05, 4.69) is 6.92 Å². The highest BCUT2D eigenvalue weighted by Crippen LogP contribution is 2.31. The van der Waals surface area contributed by atoms with Crippen LogP contribution in [0.4, 0.5) is 0 Å². The fourth-order valence-electron chi connectivity index (χ4n) is 2.30. The van der Waals surface area contributed by atoms with Crippen molar-refractivity contribution in [1.29, 1.82) is 0 Å². The maximum atomic E-state index is 12.6. The van der Waals surface area contributed by atoms with Gasteiger partial charge in [-0.15, -0.1) is 0 Å². The van der Waals surface area contributed by atoms with E-state index in [4.69, 9.17) is 28.9 Å². The Morgan fingerprint density at radius 3 is 2.57 bits per heavy atom. The summed E-state index contributed by atoms with van der Waals surface area (Å²) in [6, 6.07) is 5.39. The predicted molar refractivity (Wildman–Crippen MR) is 87.5 cm³/mol. The molecule has 2 N–H and O–H groups in total. The summed E-state index contributed by atoms with van der Waals surface area (Å²) in [5.41, 5.74) is 7.09. The van der Waals surface area contributed by atoms with E-state index in [1.165, 1.54) is 0 Å². The van der Waals surface area contributed by atoms with Crippen LogP contribution in [0.1, 0.15) is 38.7 Å². The van der Waals surface area contributed by atoms with E-state index in [0.717, 1.165) is 24.8 Å². The largest absolute Gasteiger partial charge is 0.334 e. The van der Waals surface area contributed by atoms with E-state index < -0.39 is 6.04 Å². The molecule has 5 heteroatoms. The Morgan fingerprint density at radius 2 is 2.05 bits per heavy atom. The van der Waals surface area contributed by atoms with Gasteiger partial charge in [0.15, 0.2) is 0 Å². The molecule has 1 aromatic carbocycles.